The molecule has 0 amide bonds. The fourth-order valence-electron chi connectivity index (χ4n) is 2.11. The number of hydrogen-bond donors (Lipinski definition) is 2. The molecule has 2 rings (SSSR count). The van der Waals surface area contributed by atoms with Gasteiger partial charge in [-0.15, -0.1) is 0 Å². The molecule has 102 valence electrons. The molecule has 1 fully saturated rings. The molecule has 0 aromatic carbocycles. The first-order valence-corrected chi connectivity index (χ1v) is 7.55. The smallest absolute Gasteiger partial charge is 0.244 e. The van der Waals surface area contributed by atoms with Crippen LogP contribution in [0.25, 0.3) is 0 Å². The van der Waals surface area contributed by atoms with E-state index in [2.05, 4.69) is 10.0 Å². The Morgan fingerprint density at radius 3 is 2.39 bits per heavy atom. The molecule has 2 N–H and O–H groups in total. The molecule has 5 nitrogen and oxygen atoms in total. The van der Waals surface area contributed by atoms with Crippen LogP contribution in [-0.4, -0.2) is 21.0 Å². The van der Waals surface area contributed by atoms with Crippen molar-refractivity contribution < 1.29 is 12.8 Å². The summed E-state index contributed by atoms with van der Waals surface area (Å²) in [7, 11) is -1.72. The van der Waals surface area contributed by atoms with Crippen molar-refractivity contribution in [2.75, 3.05) is 7.05 Å². The highest BCUT2D eigenvalue weighted by Gasteiger charge is 2.42. The second kappa shape index (κ2) is 4.36. The van der Waals surface area contributed by atoms with Gasteiger partial charge in [0.15, 0.2) is 0 Å². The lowest BCUT2D eigenvalue weighted by Crippen LogP contribution is -2.35. The number of furan rings is 1. The Hall–Kier alpha value is -0.850. The number of aryl methyl sites for hydroxylation is 2. The molecule has 1 heterocycles. The van der Waals surface area contributed by atoms with Gasteiger partial charge in [0.2, 0.25) is 10.0 Å². The normalized spacial score (nSPS) is 18.0. The van der Waals surface area contributed by atoms with E-state index in [4.69, 9.17) is 4.42 Å². The number of rotatable bonds is 5. The molecule has 1 aliphatic carbocycles. The Balaban J connectivity index is 2.42. The molecule has 1 saturated carbocycles. The minimum absolute atomic E-state index is 0.270. The van der Waals surface area contributed by atoms with Gasteiger partial charge >= 0.3 is 0 Å². The predicted octanol–water partition coefficient (Wildman–Crippen LogP) is 1.45. The van der Waals surface area contributed by atoms with Crippen molar-refractivity contribution >= 4 is 10.0 Å². The molecule has 0 aliphatic heterocycles. The first-order valence-electron chi connectivity index (χ1n) is 6.06. The second-order valence-corrected chi connectivity index (χ2v) is 6.84. The third kappa shape index (κ3) is 2.46. The molecule has 1 aliphatic rings. The predicted molar refractivity (Wildman–Crippen MR) is 68.9 cm³/mol. The van der Waals surface area contributed by atoms with Crippen LogP contribution in [0.1, 0.15) is 36.8 Å². The van der Waals surface area contributed by atoms with E-state index in [0.717, 1.165) is 12.8 Å². The second-order valence-electron chi connectivity index (χ2n) is 5.22. The summed E-state index contributed by atoms with van der Waals surface area (Å²) in [6, 6.07) is 0. The monoisotopic (exact) mass is 272 g/mol. The fourth-order valence-corrected chi connectivity index (χ4v) is 4.02. The summed E-state index contributed by atoms with van der Waals surface area (Å²) < 4.78 is 33.1. The van der Waals surface area contributed by atoms with E-state index in [1.165, 1.54) is 0 Å². The van der Waals surface area contributed by atoms with E-state index in [-0.39, 0.29) is 5.54 Å². The van der Waals surface area contributed by atoms with Gasteiger partial charge in [0.25, 0.3) is 0 Å². The zero-order valence-electron chi connectivity index (χ0n) is 11.3. The number of nitrogens with one attached hydrogen (secondary N) is 2. The van der Waals surface area contributed by atoms with Crippen LogP contribution < -0.4 is 10.0 Å². The molecule has 0 radical (unpaired) electrons. The quantitative estimate of drug-likeness (QED) is 0.851. The zero-order chi connectivity index (χ0) is 13.6. The molecule has 0 spiro atoms. The first kappa shape index (κ1) is 13.6. The Kier molecular flexibility index (Phi) is 3.29. The van der Waals surface area contributed by atoms with Crippen molar-refractivity contribution in [2.45, 2.75) is 50.6 Å². The fraction of sp³-hybridized carbons (Fsp3) is 0.667. The maximum absolute atomic E-state index is 12.4. The van der Waals surface area contributed by atoms with Gasteiger partial charge in [0.05, 0.1) is 0 Å². The van der Waals surface area contributed by atoms with Crippen LogP contribution in [0.2, 0.25) is 0 Å². The third-order valence-electron chi connectivity index (χ3n) is 3.33. The molecule has 0 atom stereocenters. The standard InChI is InChI=1S/C12H20N2O3S/c1-8-10(7-13-4)11(9(2)17-8)18(15,16)14-12(3)5-6-12/h13-14H,5-7H2,1-4H3. The summed E-state index contributed by atoms with van der Waals surface area (Å²) in [5.74, 6) is 1.11. The highest BCUT2D eigenvalue weighted by Crippen LogP contribution is 2.37. The van der Waals surface area contributed by atoms with Crippen LogP contribution in [0, 0.1) is 13.8 Å². The zero-order valence-corrected chi connectivity index (χ0v) is 12.1. The Morgan fingerprint density at radius 2 is 1.89 bits per heavy atom. The molecular formula is C12H20N2O3S. The summed E-state index contributed by atoms with van der Waals surface area (Å²) in [5, 5.41) is 2.98. The third-order valence-corrected chi connectivity index (χ3v) is 5.16. The van der Waals surface area contributed by atoms with Crippen molar-refractivity contribution in [2.24, 2.45) is 0 Å². The Labute approximate surface area is 108 Å². The van der Waals surface area contributed by atoms with Crippen LogP contribution in [-0.2, 0) is 16.6 Å². The topological polar surface area (TPSA) is 71.3 Å². The number of sulfonamides is 1. The van der Waals surface area contributed by atoms with Crippen LogP contribution in [0.5, 0.6) is 0 Å². The lowest BCUT2D eigenvalue weighted by atomic mass is 10.2. The largest absolute Gasteiger partial charge is 0.465 e. The average Bonchev–Trinajstić information content (AvgIpc) is 2.85. The highest BCUT2D eigenvalue weighted by molar-refractivity contribution is 7.89. The molecule has 18 heavy (non-hydrogen) atoms. The van der Waals surface area contributed by atoms with E-state index in [1.807, 2.05) is 6.92 Å². The van der Waals surface area contributed by atoms with Gasteiger partial charge in [-0.25, -0.2) is 13.1 Å². The van der Waals surface area contributed by atoms with Gasteiger partial charge < -0.3 is 9.73 Å². The SMILES string of the molecule is CNCc1c(C)oc(C)c1S(=O)(=O)NC1(C)CC1. The summed E-state index contributed by atoms with van der Waals surface area (Å²) in [5.41, 5.74) is 0.444. The van der Waals surface area contributed by atoms with Gasteiger partial charge in [-0.2, -0.15) is 0 Å². The molecule has 0 unspecified atom stereocenters. The Bertz CT molecular complexity index is 556. The minimum atomic E-state index is -3.50. The van der Waals surface area contributed by atoms with E-state index in [0.29, 0.717) is 28.5 Å². The van der Waals surface area contributed by atoms with Gasteiger partial charge in [0.1, 0.15) is 16.4 Å². The summed E-state index contributed by atoms with van der Waals surface area (Å²) >= 11 is 0. The van der Waals surface area contributed by atoms with E-state index >= 15 is 0 Å². The van der Waals surface area contributed by atoms with Gasteiger partial charge in [0, 0.05) is 17.6 Å². The van der Waals surface area contributed by atoms with E-state index in [1.54, 1.807) is 20.9 Å². The molecular weight excluding hydrogens is 252 g/mol. The molecule has 0 bridgehead atoms. The average molecular weight is 272 g/mol. The minimum Gasteiger partial charge on any atom is -0.465 e. The lowest BCUT2D eigenvalue weighted by molar-refractivity contribution is 0.492. The van der Waals surface area contributed by atoms with Crippen molar-refractivity contribution in [1.29, 1.82) is 0 Å². The highest BCUT2D eigenvalue weighted by atomic mass is 32.2. The van der Waals surface area contributed by atoms with Crippen LogP contribution >= 0.6 is 0 Å². The van der Waals surface area contributed by atoms with Gasteiger partial charge in [-0.1, -0.05) is 0 Å². The summed E-state index contributed by atoms with van der Waals surface area (Å²) in [6.07, 6.45) is 1.78. The molecule has 1 aromatic heterocycles. The van der Waals surface area contributed by atoms with Crippen molar-refractivity contribution in [3.63, 3.8) is 0 Å². The van der Waals surface area contributed by atoms with E-state index < -0.39 is 10.0 Å². The van der Waals surface area contributed by atoms with Crippen molar-refractivity contribution in [1.82, 2.24) is 10.0 Å². The maximum atomic E-state index is 12.4. The van der Waals surface area contributed by atoms with Crippen molar-refractivity contribution in [3.05, 3.63) is 17.1 Å². The number of hydrogen-bond acceptors (Lipinski definition) is 4. The Morgan fingerprint density at radius 1 is 1.28 bits per heavy atom. The summed E-state index contributed by atoms with van der Waals surface area (Å²) in [6.45, 7) is 5.88. The summed E-state index contributed by atoms with van der Waals surface area (Å²) in [4.78, 5) is 0.294. The van der Waals surface area contributed by atoms with Gasteiger partial charge in [-0.05, 0) is 40.7 Å². The van der Waals surface area contributed by atoms with Crippen LogP contribution in [0.3, 0.4) is 0 Å². The molecule has 1 aromatic rings. The van der Waals surface area contributed by atoms with Crippen LogP contribution in [0.4, 0.5) is 0 Å². The lowest BCUT2D eigenvalue weighted by Gasteiger charge is -2.13. The maximum Gasteiger partial charge on any atom is 0.244 e. The molecule has 6 heteroatoms. The van der Waals surface area contributed by atoms with E-state index in [9.17, 15) is 8.42 Å². The first-order chi connectivity index (χ1) is 8.29. The van der Waals surface area contributed by atoms with Gasteiger partial charge in [-0.3, -0.25) is 0 Å². The van der Waals surface area contributed by atoms with Crippen LogP contribution in [0.15, 0.2) is 9.31 Å². The van der Waals surface area contributed by atoms with Crippen molar-refractivity contribution in [3.8, 4) is 0 Å². The molecule has 0 saturated heterocycles.